The van der Waals surface area contributed by atoms with E-state index in [1.807, 2.05) is 24.3 Å². The molecule has 156 valence electrons. The lowest BCUT2D eigenvalue weighted by molar-refractivity contribution is -0.137. The van der Waals surface area contributed by atoms with Crippen molar-refractivity contribution < 1.29 is 28.0 Å². The number of carbonyl (C=O) groups is 2. The second-order valence-electron chi connectivity index (χ2n) is 7.12. The minimum atomic E-state index is -4.46. The number of aromatic nitrogens is 1. The third kappa shape index (κ3) is 3.52. The van der Waals surface area contributed by atoms with Crippen molar-refractivity contribution >= 4 is 22.7 Å². The van der Waals surface area contributed by atoms with Crippen molar-refractivity contribution in [2.24, 2.45) is 0 Å². The zero-order valence-corrected chi connectivity index (χ0v) is 15.7. The number of alkyl halides is 3. The Balaban J connectivity index is 1.66. The zero-order chi connectivity index (χ0) is 21.5. The van der Waals surface area contributed by atoms with Gasteiger partial charge in [0.15, 0.2) is 0 Å². The molecule has 2 N–H and O–H groups in total. The molecule has 0 fully saturated rings. The van der Waals surface area contributed by atoms with Crippen LogP contribution in [0.3, 0.4) is 0 Å². The molecule has 1 aromatic heterocycles. The zero-order valence-electron chi connectivity index (χ0n) is 15.7. The van der Waals surface area contributed by atoms with Crippen LogP contribution < -0.4 is 5.48 Å². The van der Waals surface area contributed by atoms with Gasteiger partial charge in [0, 0.05) is 28.7 Å². The number of nitrogens with zero attached hydrogens (tertiary/aromatic N) is 2. The number of hydroxylamine groups is 1. The van der Waals surface area contributed by atoms with Gasteiger partial charge in [-0.2, -0.15) is 13.2 Å². The van der Waals surface area contributed by atoms with Gasteiger partial charge in [0.25, 0.3) is 11.8 Å². The summed E-state index contributed by atoms with van der Waals surface area (Å²) in [7, 11) is 0. The fourth-order valence-electron chi connectivity index (χ4n) is 3.91. The Bertz CT molecular complexity index is 1120. The highest BCUT2D eigenvalue weighted by Crippen LogP contribution is 2.32. The largest absolute Gasteiger partial charge is 0.416 e. The van der Waals surface area contributed by atoms with E-state index in [0.29, 0.717) is 13.0 Å². The summed E-state index contributed by atoms with van der Waals surface area (Å²) in [6.07, 6.45) is -3.91. The molecule has 0 saturated heterocycles. The Morgan fingerprint density at radius 3 is 2.43 bits per heavy atom. The van der Waals surface area contributed by atoms with Crippen LogP contribution in [0.2, 0.25) is 0 Å². The molecule has 30 heavy (non-hydrogen) atoms. The molecular weight excluding hydrogens is 399 g/mol. The van der Waals surface area contributed by atoms with Crippen LogP contribution in [0.1, 0.15) is 27.2 Å². The summed E-state index contributed by atoms with van der Waals surface area (Å²) in [5, 5.41) is 9.89. The first kappa shape index (κ1) is 20.0. The molecule has 0 saturated carbocycles. The molecule has 2 heterocycles. The maximum absolute atomic E-state index is 12.9. The van der Waals surface area contributed by atoms with Crippen LogP contribution in [0.25, 0.3) is 10.9 Å². The van der Waals surface area contributed by atoms with E-state index in [1.54, 1.807) is 14.9 Å². The first-order valence-corrected chi connectivity index (χ1v) is 9.28. The molecule has 0 aliphatic carbocycles. The molecule has 0 unspecified atom stereocenters. The number of hydrogen-bond donors (Lipinski definition) is 2. The first-order valence-electron chi connectivity index (χ1n) is 9.28. The van der Waals surface area contributed by atoms with Crippen molar-refractivity contribution in [3.63, 3.8) is 0 Å². The van der Waals surface area contributed by atoms with E-state index in [2.05, 4.69) is 0 Å². The third-order valence-corrected chi connectivity index (χ3v) is 5.34. The topological polar surface area (TPSA) is 74.6 Å². The standard InChI is InChI=1S/C21H18F3N3O3/c22-21(23,24)14-7-5-13(6-8-14)20(29)26-10-9-16-15-3-1-2-4-17(15)27(18(16)11-26)12-19(28)25-30/h1-8,30H,9-12H2,(H,25,28). The van der Waals surface area contributed by atoms with E-state index in [0.717, 1.165) is 34.3 Å². The molecule has 0 bridgehead atoms. The summed E-state index contributed by atoms with van der Waals surface area (Å²) in [5.74, 6) is -0.970. The second kappa shape index (κ2) is 7.49. The lowest BCUT2D eigenvalue weighted by atomic mass is 10.0. The lowest BCUT2D eigenvalue weighted by Gasteiger charge is -2.28. The van der Waals surface area contributed by atoms with Gasteiger partial charge in [-0.15, -0.1) is 0 Å². The summed E-state index contributed by atoms with van der Waals surface area (Å²) in [5.41, 5.74) is 3.58. The first-order chi connectivity index (χ1) is 14.3. The fraction of sp³-hybridized carbons (Fsp3) is 0.238. The van der Waals surface area contributed by atoms with E-state index in [1.165, 1.54) is 12.1 Å². The number of nitrogens with one attached hydrogen (secondary N) is 1. The summed E-state index contributed by atoms with van der Waals surface area (Å²) in [6, 6.07) is 11.7. The van der Waals surface area contributed by atoms with Crippen LogP contribution in [0, 0.1) is 0 Å². The van der Waals surface area contributed by atoms with Crippen molar-refractivity contribution in [3.8, 4) is 0 Å². The minimum Gasteiger partial charge on any atom is -0.333 e. The van der Waals surface area contributed by atoms with Crippen LogP contribution >= 0.6 is 0 Å². The van der Waals surface area contributed by atoms with Gasteiger partial charge in [-0.1, -0.05) is 18.2 Å². The van der Waals surface area contributed by atoms with Gasteiger partial charge in [-0.05, 0) is 42.3 Å². The van der Waals surface area contributed by atoms with Gasteiger partial charge >= 0.3 is 6.18 Å². The number of amides is 2. The van der Waals surface area contributed by atoms with Gasteiger partial charge in [-0.3, -0.25) is 14.8 Å². The average molecular weight is 417 g/mol. The van der Waals surface area contributed by atoms with Gasteiger partial charge in [0.05, 0.1) is 12.1 Å². The fourth-order valence-corrected chi connectivity index (χ4v) is 3.91. The predicted octanol–water partition coefficient (Wildman–Crippen LogP) is 3.36. The number of benzene rings is 2. The summed E-state index contributed by atoms with van der Waals surface area (Å²) >= 11 is 0. The van der Waals surface area contributed by atoms with Crippen molar-refractivity contribution in [3.05, 3.63) is 70.9 Å². The summed E-state index contributed by atoms with van der Waals surface area (Å²) in [4.78, 5) is 26.2. The van der Waals surface area contributed by atoms with Crippen LogP contribution in [0.4, 0.5) is 13.2 Å². The minimum absolute atomic E-state index is 0.116. The molecule has 3 aromatic rings. The van der Waals surface area contributed by atoms with Gasteiger partial charge < -0.3 is 9.47 Å². The number of hydrogen-bond acceptors (Lipinski definition) is 3. The molecule has 4 rings (SSSR count). The maximum Gasteiger partial charge on any atom is 0.416 e. The van der Waals surface area contributed by atoms with Crippen molar-refractivity contribution in [1.82, 2.24) is 14.9 Å². The summed E-state index contributed by atoms with van der Waals surface area (Å²) < 4.78 is 40.1. The van der Waals surface area contributed by atoms with E-state index in [4.69, 9.17) is 5.21 Å². The molecule has 9 heteroatoms. The number of halogens is 3. The van der Waals surface area contributed by atoms with E-state index in [-0.39, 0.29) is 24.6 Å². The molecule has 1 aliphatic rings. The monoisotopic (exact) mass is 417 g/mol. The van der Waals surface area contributed by atoms with Gasteiger partial charge in [0.1, 0.15) is 6.54 Å². The normalized spacial score (nSPS) is 13.9. The molecule has 2 amide bonds. The Morgan fingerprint density at radius 1 is 1.07 bits per heavy atom. The predicted molar refractivity (Wildman–Crippen MR) is 102 cm³/mol. The van der Waals surface area contributed by atoms with E-state index >= 15 is 0 Å². The number of rotatable bonds is 3. The smallest absolute Gasteiger partial charge is 0.333 e. The highest BCUT2D eigenvalue weighted by molar-refractivity contribution is 5.95. The summed E-state index contributed by atoms with van der Waals surface area (Å²) in [6.45, 7) is 0.504. The van der Waals surface area contributed by atoms with Crippen LogP contribution in [-0.2, 0) is 30.5 Å². The Morgan fingerprint density at radius 2 is 1.77 bits per heavy atom. The SMILES string of the molecule is O=C(Cn1c2c(c3ccccc31)CCN(C(=O)c1ccc(C(F)(F)F)cc1)C2)NO. The van der Waals surface area contributed by atoms with Crippen LogP contribution in [0.5, 0.6) is 0 Å². The average Bonchev–Trinajstić information content (AvgIpc) is 3.05. The molecule has 0 radical (unpaired) electrons. The third-order valence-electron chi connectivity index (χ3n) is 5.34. The maximum atomic E-state index is 12.9. The molecule has 0 spiro atoms. The van der Waals surface area contributed by atoms with Crippen LogP contribution in [-0.4, -0.2) is 33.0 Å². The Kier molecular flexibility index (Phi) is 4.98. The highest BCUT2D eigenvalue weighted by Gasteiger charge is 2.31. The van der Waals surface area contributed by atoms with E-state index in [9.17, 15) is 22.8 Å². The van der Waals surface area contributed by atoms with Crippen LogP contribution in [0.15, 0.2) is 48.5 Å². The highest BCUT2D eigenvalue weighted by atomic mass is 19.4. The van der Waals surface area contributed by atoms with Crippen molar-refractivity contribution in [2.45, 2.75) is 25.7 Å². The molecule has 1 aliphatic heterocycles. The van der Waals surface area contributed by atoms with Gasteiger partial charge in [0.2, 0.25) is 0 Å². The van der Waals surface area contributed by atoms with Gasteiger partial charge in [-0.25, -0.2) is 5.48 Å². The Labute approximate surface area is 169 Å². The molecule has 0 atom stereocenters. The van der Waals surface area contributed by atoms with E-state index < -0.39 is 17.6 Å². The molecular formula is C21H18F3N3O3. The molecule has 2 aromatic carbocycles. The Hall–Kier alpha value is -3.33. The number of carbonyl (C=O) groups excluding carboxylic acids is 2. The number of fused-ring (bicyclic) bond motifs is 3. The van der Waals surface area contributed by atoms with Crippen molar-refractivity contribution in [1.29, 1.82) is 0 Å². The second-order valence-corrected chi connectivity index (χ2v) is 7.12. The lowest BCUT2D eigenvalue weighted by Crippen LogP contribution is -2.37. The van der Waals surface area contributed by atoms with Crippen molar-refractivity contribution in [2.75, 3.05) is 6.54 Å². The quantitative estimate of drug-likeness (QED) is 0.507. The molecule has 6 nitrogen and oxygen atoms in total. The number of para-hydroxylation sites is 1.